The number of ether oxygens (including phenoxy) is 1. The largest absolute Gasteiger partial charge is 0.478 e. The highest BCUT2D eigenvalue weighted by Gasteiger charge is 2.54. The summed E-state index contributed by atoms with van der Waals surface area (Å²) in [6.07, 6.45) is -0.259. The third kappa shape index (κ3) is 3.43. The Morgan fingerprint density at radius 1 is 1.19 bits per heavy atom. The summed E-state index contributed by atoms with van der Waals surface area (Å²) in [6.45, 7) is 3.82. The number of halogens is 1. The molecule has 3 saturated heterocycles. The molecule has 3 atom stereocenters. The number of likely N-dealkylation sites (tertiary alicyclic amines) is 1. The quantitative estimate of drug-likeness (QED) is 0.767. The summed E-state index contributed by atoms with van der Waals surface area (Å²) >= 11 is 1.53. The van der Waals surface area contributed by atoms with Crippen molar-refractivity contribution in [1.82, 2.24) is 9.80 Å². The van der Waals surface area contributed by atoms with Gasteiger partial charge in [0.25, 0.3) is 0 Å². The molecule has 2 aromatic carbocycles. The average molecular weight is 443 g/mol. The lowest BCUT2D eigenvalue weighted by atomic mass is 9.80. The number of carbonyl (C=O) groups excluding carboxylic acids is 1. The highest BCUT2D eigenvalue weighted by molar-refractivity contribution is 8.00. The number of benzene rings is 2. The smallest absolute Gasteiger partial charge is 0.335 e. The van der Waals surface area contributed by atoms with Crippen molar-refractivity contribution in [3.8, 4) is 0 Å². The van der Waals surface area contributed by atoms with E-state index in [1.807, 2.05) is 17.9 Å². The van der Waals surface area contributed by atoms with Crippen molar-refractivity contribution in [3.05, 3.63) is 70.5 Å². The van der Waals surface area contributed by atoms with Gasteiger partial charge < -0.3 is 14.7 Å². The van der Waals surface area contributed by atoms with Gasteiger partial charge in [-0.1, -0.05) is 24.3 Å². The van der Waals surface area contributed by atoms with Crippen LogP contribution in [0.1, 0.15) is 38.3 Å². The first kappa shape index (κ1) is 20.5. The van der Waals surface area contributed by atoms with Crippen LogP contribution in [0.3, 0.4) is 0 Å². The van der Waals surface area contributed by atoms with Crippen LogP contribution in [0, 0.1) is 12.7 Å². The van der Waals surface area contributed by atoms with Crippen LogP contribution in [0.15, 0.2) is 42.5 Å². The molecule has 1 N–H and O–H groups in total. The fourth-order valence-corrected chi connectivity index (χ4v) is 6.06. The van der Waals surface area contributed by atoms with Gasteiger partial charge >= 0.3 is 5.97 Å². The number of amides is 1. The highest BCUT2D eigenvalue weighted by Crippen LogP contribution is 2.49. The Labute approximate surface area is 184 Å². The SMILES string of the molecule is Cc1cccc(C(=O)O)c1C1CN(C2COC2)C1N1C(=O)CSC1c1ccc(F)cc1. The van der Waals surface area contributed by atoms with Gasteiger partial charge in [-0.3, -0.25) is 9.69 Å². The molecule has 2 aromatic rings. The molecule has 31 heavy (non-hydrogen) atoms. The second-order valence-electron chi connectivity index (χ2n) is 8.27. The number of thioether (sulfide) groups is 1. The standard InChI is InChI=1S/C23H23FN2O4S/c1-13-3-2-4-17(23(28)29)20(13)18-9-25(16-10-30-11-16)21(18)26-19(27)12-31-22(26)14-5-7-15(24)8-6-14/h2-8,16,18,21-22H,9-12H2,1H3,(H,28,29). The summed E-state index contributed by atoms with van der Waals surface area (Å²) in [7, 11) is 0. The zero-order valence-electron chi connectivity index (χ0n) is 17.0. The molecule has 0 saturated carbocycles. The van der Waals surface area contributed by atoms with Crippen molar-refractivity contribution in [2.75, 3.05) is 25.5 Å². The first-order chi connectivity index (χ1) is 15.0. The highest BCUT2D eigenvalue weighted by atomic mass is 32.2. The van der Waals surface area contributed by atoms with Gasteiger partial charge in [-0.05, 0) is 41.8 Å². The molecular weight excluding hydrogens is 419 g/mol. The number of carboxylic acid groups (broad SMARTS) is 1. The number of aryl methyl sites for hydroxylation is 1. The monoisotopic (exact) mass is 442 g/mol. The van der Waals surface area contributed by atoms with Crippen LogP contribution in [-0.2, 0) is 9.53 Å². The van der Waals surface area contributed by atoms with E-state index in [9.17, 15) is 19.1 Å². The third-order valence-electron chi connectivity index (χ3n) is 6.47. The molecule has 3 aliphatic heterocycles. The van der Waals surface area contributed by atoms with E-state index in [0.29, 0.717) is 25.5 Å². The lowest BCUT2D eigenvalue weighted by molar-refractivity contribution is -0.171. The molecule has 5 rings (SSSR count). The van der Waals surface area contributed by atoms with E-state index >= 15 is 0 Å². The molecule has 1 amide bonds. The molecule has 3 fully saturated rings. The minimum Gasteiger partial charge on any atom is -0.478 e. The Hall–Kier alpha value is -2.42. The van der Waals surface area contributed by atoms with Gasteiger partial charge in [-0.25, -0.2) is 9.18 Å². The number of hydrogen-bond acceptors (Lipinski definition) is 5. The van der Waals surface area contributed by atoms with Gasteiger partial charge in [0.1, 0.15) is 11.2 Å². The number of rotatable bonds is 5. The predicted octanol–water partition coefficient (Wildman–Crippen LogP) is 3.23. The van der Waals surface area contributed by atoms with E-state index in [1.54, 1.807) is 24.3 Å². The van der Waals surface area contributed by atoms with Crippen LogP contribution in [0.25, 0.3) is 0 Å². The number of nitrogens with zero attached hydrogens (tertiary/aromatic N) is 2. The summed E-state index contributed by atoms with van der Waals surface area (Å²) in [4.78, 5) is 29.2. The number of aromatic carboxylic acids is 1. The van der Waals surface area contributed by atoms with Crippen LogP contribution in [0.4, 0.5) is 4.39 Å². The van der Waals surface area contributed by atoms with Gasteiger partial charge in [0.15, 0.2) is 0 Å². The predicted molar refractivity (Wildman–Crippen MR) is 114 cm³/mol. The maximum atomic E-state index is 13.5. The summed E-state index contributed by atoms with van der Waals surface area (Å²) in [5.41, 5.74) is 2.86. The maximum Gasteiger partial charge on any atom is 0.335 e. The van der Waals surface area contributed by atoms with Gasteiger partial charge in [0, 0.05) is 12.5 Å². The number of hydrogen-bond donors (Lipinski definition) is 1. The van der Waals surface area contributed by atoms with E-state index in [1.165, 1.54) is 23.9 Å². The fraction of sp³-hybridized carbons (Fsp3) is 0.391. The molecule has 0 radical (unpaired) electrons. The summed E-state index contributed by atoms with van der Waals surface area (Å²) in [6, 6.07) is 11.8. The molecule has 3 aliphatic rings. The fourth-order valence-electron chi connectivity index (χ4n) is 4.86. The van der Waals surface area contributed by atoms with E-state index in [-0.39, 0.29) is 40.8 Å². The van der Waals surface area contributed by atoms with Crippen molar-refractivity contribution < 1.29 is 23.8 Å². The molecule has 8 heteroatoms. The Bertz CT molecular complexity index is 1030. The first-order valence-electron chi connectivity index (χ1n) is 10.3. The average Bonchev–Trinajstić information content (AvgIpc) is 3.05. The Kier molecular flexibility index (Phi) is 5.24. The minimum atomic E-state index is -0.958. The van der Waals surface area contributed by atoms with Crippen LogP contribution >= 0.6 is 11.8 Å². The zero-order chi connectivity index (χ0) is 21.7. The minimum absolute atomic E-state index is 0.0183. The van der Waals surface area contributed by atoms with Crippen molar-refractivity contribution >= 4 is 23.6 Å². The molecule has 6 nitrogen and oxygen atoms in total. The Balaban J connectivity index is 1.55. The van der Waals surface area contributed by atoms with Crippen LogP contribution in [0.2, 0.25) is 0 Å². The summed E-state index contributed by atoms with van der Waals surface area (Å²) in [5, 5.41) is 9.56. The third-order valence-corrected chi connectivity index (χ3v) is 7.70. The second kappa shape index (κ2) is 7.93. The second-order valence-corrected chi connectivity index (χ2v) is 9.33. The summed E-state index contributed by atoms with van der Waals surface area (Å²) in [5.74, 6) is -1.02. The van der Waals surface area contributed by atoms with Crippen LogP contribution < -0.4 is 0 Å². The van der Waals surface area contributed by atoms with Crippen LogP contribution in [-0.4, -0.2) is 64.5 Å². The van der Waals surface area contributed by atoms with Crippen molar-refractivity contribution in [2.24, 2.45) is 0 Å². The van der Waals surface area contributed by atoms with Crippen molar-refractivity contribution in [3.63, 3.8) is 0 Å². The van der Waals surface area contributed by atoms with E-state index in [2.05, 4.69) is 4.90 Å². The molecular formula is C23H23FN2O4S. The van der Waals surface area contributed by atoms with Gasteiger partial charge in [0.05, 0.1) is 36.7 Å². The van der Waals surface area contributed by atoms with Crippen LogP contribution in [0.5, 0.6) is 0 Å². The van der Waals surface area contributed by atoms with Crippen molar-refractivity contribution in [2.45, 2.75) is 30.4 Å². The van der Waals surface area contributed by atoms with E-state index < -0.39 is 5.97 Å². The number of carbonyl (C=O) groups is 2. The van der Waals surface area contributed by atoms with E-state index in [0.717, 1.165) is 16.7 Å². The van der Waals surface area contributed by atoms with Gasteiger partial charge in [-0.2, -0.15) is 0 Å². The molecule has 0 aromatic heterocycles. The molecule has 162 valence electrons. The molecule has 0 bridgehead atoms. The Morgan fingerprint density at radius 2 is 1.94 bits per heavy atom. The van der Waals surface area contributed by atoms with Gasteiger partial charge in [-0.15, -0.1) is 11.8 Å². The van der Waals surface area contributed by atoms with Crippen molar-refractivity contribution in [1.29, 1.82) is 0 Å². The molecule has 3 heterocycles. The Morgan fingerprint density at radius 3 is 2.58 bits per heavy atom. The lowest BCUT2D eigenvalue weighted by Crippen LogP contribution is -2.70. The zero-order valence-corrected chi connectivity index (χ0v) is 17.8. The first-order valence-corrected chi connectivity index (χ1v) is 11.3. The normalized spacial score (nSPS) is 26.6. The lowest BCUT2D eigenvalue weighted by Gasteiger charge is -2.58. The van der Waals surface area contributed by atoms with Gasteiger partial charge in [0.2, 0.25) is 5.91 Å². The molecule has 0 aliphatic carbocycles. The molecule has 3 unspecified atom stereocenters. The molecule has 0 spiro atoms. The maximum absolute atomic E-state index is 13.5. The van der Waals surface area contributed by atoms with E-state index in [4.69, 9.17) is 4.74 Å². The summed E-state index contributed by atoms with van der Waals surface area (Å²) < 4.78 is 18.9. The number of carboxylic acids is 1. The topological polar surface area (TPSA) is 70.1 Å².